The van der Waals surface area contributed by atoms with Crippen LogP contribution in [0, 0.1) is 0 Å². The molecule has 1 aliphatic heterocycles. The highest BCUT2D eigenvalue weighted by Crippen LogP contribution is 2.35. The van der Waals surface area contributed by atoms with Crippen LogP contribution in [0.4, 0.5) is 0 Å². The predicted octanol–water partition coefficient (Wildman–Crippen LogP) is 3.88. The smallest absolute Gasteiger partial charge is 0.124 e. The number of unbranched alkanes of at least 4 members (excludes halogenated alkanes) is 1. The average Bonchev–Trinajstić information content (AvgIpc) is 2.51. The van der Waals surface area contributed by atoms with Gasteiger partial charge in [-0.15, -0.1) is 0 Å². The van der Waals surface area contributed by atoms with E-state index in [0.29, 0.717) is 12.6 Å². The van der Waals surface area contributed by atoms with Gasteiger partial charge < -0.3 is 10.1 Å². The van der Waals surface area contributed by atoms with Gasteiger partial charge in [-0.1, -0.05) is 31.4 Å². The van der Waals surface area contributed by atoms with Gasteiger partial charge in [-0.25, -0.2) is 0 Å². The van der Waals surface area contributed by atoms with E-state index in [1.165, 1.54) is 18.4 Å². The Bertz CT molecular complexity index is 433. The summed E-state index contributed by atoms with van der Waals surface area (Å²) in [4.78, 5) is 2.57. The number of hydrogen-bond acceptors (Lipinski definition) is 3. The lowest BCUT2D eigenvalue weighted by molar-refractivity contribution is 0.159. The molecule has 1 heterocycles. The molecule has 3 nitrogen and oxygen atoms in total. The number of benzene rings is 1. The van der Waals surface area contributed by atoms with Crippen LogP contribution in [-0.4, -0.2) is 37.7 Å². The molecule has 0 radical (unpaired) electrons. The largest absolute Gasteiger partial charge is 0.494 e. The molecular formula is C17H27ClN2O. The minimum atomic E-state index is 0.410. The molecule has 0 aliphatic carbocycles. The van der Waals surface area contributed by atoms with Crippen molar-refractivity contribution >= 4 is 11.6 Å². The molecule has 0 amide bonds. The van der Waals surface area contributed by atoms with Gasteiger partial charge in [0, 0.05) is 42.8 Å². The first-order valence-electron chi connectivity index (χ1n) is 8.13. The first-order chi connectivity index (χ1) is 10.3. The predicted molar refractivity (Wildman–Crippen MR) is 89.3 cm³/mol. The van der Waals surface area contributed by atoms with Gasteiger partial charge in [0.1, 0.15) is 5.75 Å². The summed E-state index contributed by atoms with van der Waals surface area (Å²) in [6, 6.07) is 6.44. The van der Waals surface area contributed by atoms with E-state index in [2.05, 4.69) is 23.2 Å². The zero-order valence-electron chi connectivity index (χ0n) is 13.2. The molecule has 21 heavy (non-hydrogen) atoms. The summed E-state index contributed by atoms with van der Waals surface area (Å²) < 4.78 is 5.84. The van der Waals surface area contributed by atoms with Crippen molar-refractivity contribution < 1.29 is 4.74 Å². The summed E-state index contributed by atoms with van der Waals surface area (Å²) in [7, 11) is 0. The molecule has 1 aromatic rings. The summed E-state index contributed by atoms with van der Waals surface area (Å²) in [6.07, 6.45) is 3.61. The molecule has 0 bridgehead atoms. The van der Waals surface area contributed by atoms with Crippen molar-refractivity contribution in [3.8, 4) is 5.75 Å². The Labute approximate surface area is 133 Å². The topological polar surface area (TPSA) is 24.5 Å². The van der Waals surface area contributed by atoms with Gasteiger partial charge in [0.2, 0.25) is 0 Å². The van der Waals surface area contributed by atoms with Crippen LogP contribution >= 0.6 is 11.6 Å². The van der Waals surface area contributed by atoms with Gasteiger partial charge in [0.15, 0.2) is 0 Å². The average molecular weight is 311 g/mol. The van der Waals surface area contributed by atoms with Crippen molar-refractivity contribution in [2.24, 2.45) is 0 Å². The van der Waals surface area contributed by atoms with Crippen LogP contribution in [0.15, 0.2) is 18.2 Å². The molecule has 1 fully saturated rings. The minimum Gasteiger partial charge on any atom is -0.494 e. The van der Waals surface area contributed by atoms with E-state index in [9.17, 15) is 0 Å². The first-order valence-corrected chi connectivity index (χ1v) is 8.51. The van der Waals surface area contributed by atoms with Crippen LogP contribution < -0.4 is 10.1 Å². The number of halogens is 1. The number of ether oxygens (including phenoxy) is 1. The maximum Gasteiger partial charge on any atom is 0.124 e. The Morgan fingerprint density at radius 2 is 2.05 bits per heavy atom. The molecule has 2 rings (SSSR count). The van der Waals surface area contributed by atoms with E-state index in [-0.39, 0.29) is 0 Å². The molecule has 0 saturated carbocycles. The zero-order chi connectivity index (χ0) is 15.1. The van der Waals surface area contributed by atoms with Crippen LogP contribution in [0.2, 0.25) is 5.02 Å². The molecule has 1 N–H and O–H groups in total. The van der Waals surface area contributed by atoms with Crippen molar-refractivity contribution in [3.63, 3.8) is 0 Å². The molecule has 1 saturated heterocycles. The van der Waals surface area contributed by atoms with Crippen molar-refractivity contribution in [2.75, 3.05) is 32.8 Å². The Balaban J connectivity index is 2.27. The quantitative estimate of drug-likeness (QED) is 0.827. The van der Waals surface area contributed by atoms with E-state index < -0.39 is 0 Å². The van der Waals surface area contributed by atoms with E-state index in [1.807, 2.05) is 19.1 Å². The molecule has 1 unspecified atom stereocenters. The number of nitrogens with zero attached hydrogens (tertiary/aromatic N) is 1. The number of hydrogen-bond donors (Lipinski definition) is 1. The normalized spacial score (nSPS) is 17.7. The first kappa shape index (κ1) is 16.6. The van der Waals surface area contributed by atoms with Gasteiger partial charge in [-0.05, 0) is 31.5 Å². The molecule has 1 aliphatic rings. The van der Waals surface area contributed by atoms with Gasteiger partial charge in [-0.2, -0.15) is 0 Å². The van der Waals surface area contributed by atoms with E-state index in [1.54, 1.807) is 0 Å². The lowest BCUT2D eigenvalue weighted by Gasteiger charge is -2.36. The van der Waals surface area contributed by atoms with Gasteiger partial charge in [0.25, 0.3) is 0 Å². The van der Waals surface area contributed by atoms with Crippen LogP contribution in [-0.2, 0) is 0 Å². The fraction of sp³-hybridized carbons (Fsp3) is 0.647. The van der Waals surface area contributed by atoms with Gasteiger partial charge in [-0.3, -0.25) is 4.90 Å². The number of nitrogens with one attached hydrogen (secondary N) is 1. The SMILES string of the molecule is CCCCC(c1cc(Cl)ccc1OCC)N1CCNCC1. The maximum atomic E-state index is 6.25. The lowest BCUT2D eigenvalue weighted by Crippen LogP contribution is -2.45. The van der Waals surface area contributed by atoms with Crippen molar-refractivity contribution in [1.29, 1.82) is 0 Å². The van der Waals surface area contributed by atoms with E-state index >= 15 is 0 Å². The standard InChI is InChI=1S/C17H27ClN2O/c1-3-5-6-16(20-11-9-19-10-12-20)15-13-14(18)7-8-17(15)21-4-2/h7-8,13,16,19H,3-6,9-12H2,1-2H3. The highest BCUT2D eigenvalue weighted by molar-refractivity contribution is 6.30. The van der Waals surface area contributed by atoms with Gasteiger partial charge in [0.05, 0.1) is 6.61 Å². The molecule has 0 aromatic heterocycles. The molecule has 118 valence electrons. The molecule has 1 aromatic carbocycles. The van der Waals surface area contributed by atoms with Gasteiger partial charge >= 0.3 is 0 Å². The van der Waals surface area contributed by atoms with Crippen molar-refractivity contribution in [2.45, 2.75) is 39.2 Å². The molecule has 0 spiro atoms. The fourth-order valence-electron chi connectivity index (χ4n) is 2.99. The summed E-state index contributed by atoms with van der Waals surface area (Å²) in [6.45, 7) is 9.27. The van der Waals surface area contributed by atoms with Crippen molar-refractivity contribution in [1.82, 2.24) is 10.2 Å². The van der Waals surface area contributed by atoms with Crippen LogP contribution in [0.3, 0.4) is 0 Å². The molecule has 1 atom stereocenters. The highest BCUT2D eigenvalue weighted by atomic mass is 35.5. The Morgan fingerprint density at radius 1 is 1.29 bits per heavy atom. The third kappa shape index (κ3) is 4.60. The summed E-state index contributed by atoms with van der Waals surface area (Å²) in [5.41, 5.74) is 1.25. The summed E-state index contributed by atoms with van der Waals surface area (Å²) in [5, 5.41) is 4.23. The molecule has 4 heteroatoms. The zero-order valence-corrected chi connectivity index (χ0v) is 14.0. The van der Waals surface area contributed by atoms with E-state index in [4.69, 9.17) is 16.3 Å². The minimum absolute atomic E-state index is 0.410. The van der Waals surface area contributed by atoms with Crippen LogP contribution in [0.25, 0.3) is 0 Å². The summed E-state index contributed by atoms with van der Waals surface area (Å²) >= 11 is 6.25. The fourth-order valence-corrected chi connectivity index (χ4v) is 3.17. The maximum absolute atomic E-state index is 6.25. The number of rotatable bonds is 7. The van der Waals surface area contributed by atoms with Crippen LogP contribution in [0.5, 0.6) is 5.75 Å². The molecular weight excluding hydrogens is 284 g/mol. The second-order valence-corrected chi connectivity index (χ2v) is 6.00. The third-order valence-electron chi connectivity index (χ3n) is 4.05. The number of piperazine rings is 1. The monoisotopic (exact) mass is 310 g/mol. The van der Waals surface area contributed by atoms with E-state index in [0.717, 1.165) is 43.4 Å². The van der Waals surface area contributed by atoms with Crippen molar-refractivity contribution in [3.05, 3.63) is 28.8 Å². The highest BCUT2D eigenvalue weighted by Gasteiger charge is 2.24. The van der Waals surface area contributed by atoms with Crippen LogP contribution in [0.1, 0.15) is 44.7 Å². The third-order valence-corrected chi connectivity index (χ3v) is 4.29. The Hall–Kier alpha value is -0.770. The lowest BCUT2D eigenvalue weighted by atomic mass is 9.97. The summed E-state index contributed by atoms with van der Waals surface area (Å²) in [5.74, 6) is 0.988. The second kappa shape index (κ2) is 8.62. The second-order valence-electron chi connectivity index (χ2n) is 5.56. The Morgan fingerprint density at radius 3 is 2.71 bits per heavy atom. The Kier molecular flexibility index (Phi) is 6.81.